The van der Waals surface area contributed by atoms with E-state index >= 15 is 0 Å². The van der Waals surface area contributed by atoms with E-state index in [1.807, 2.05) is 54.1 Å². The van der Waals surface area contributed by atoms with Crippen LogP contribution in [0.25, 0.3) is 5.69 Å². The summed E-state index contributed by atoms with van der Waals surface area (Å²) in [5, 5.41) is 18.2. The fourth-order valence-corrected chi connectivity index (χ4v) is 4.91. The zero-order valence-electron chi connectivity index (χ0n) is 17.4. The molecule has 2 heterocycles. The molecule has 0 fully saturated rings. The van der Waals surface area contributed by atoms with Gasteiger partial charge >= 0.3 is 0 Å². The van der Waals surface area contributed by atoms with Gasteiger partial charge in [0.2, 0.25) is 0 Å². The first-order valence-corrected chi connectivity index (χ1v) is 10.3. The molecule has 0 unspecified atom stereocenters. The van der Waals surface area contributed by atoms with Crippen LogP contribution >= 0.6 is 0 Å². The lowest BCUT2D eigenvalue weighted by molar-refractivity contribution is -0.124. The zero-order chi connectivity index (χ0) is 21.0. The summed E-state index contributed by atoms with van der Waals surface area (Å²) in [4.78, 5) is 13.3. The van der Waals surface area contributed by atoms with Gasteiger partial charge in [-0.05, 0) is 42.2 Å². The van der Waals surface area contributed by atoms with Crippen LogP contribution in [0.3, 0.4) is 0 Å². The number of benzene rings is 2. The van der Waals surface area contributed by atoms with Crippen LogP contribution in [0.4, 0.5) is 5.82 Å². The summed E-state index contributed by atoms with van der Waals surface area (Å²) in [6.07, 6.45) is 2.71. The molecule has 0 saturated carbocycles. The third-order valence-corrected chi connectivity index (χ3v) is 6.12. The maximum Gasteiger partial charge on any atom is 0.143 e. The predicted molar refractivity (Wildman–Crippen MR) is 117 cm³/mol. The smallest absolute Gasteiger partial charge is 0.143 e. The van der Waals surface area contributed by atoms with Crippen LogP contribution in [-0.4, -0.2) is 20.7 Å². The molecule has 5 nitrogen and oxygen atoms in total. The lowest BCUT2D eigenvalue weighted by atomic mass is 9.67. The van der Waals surface area contributed by atoms with Crippen LogP contribution in [-0.2, 0) is 4.79 Å². The average Bonchev–Trinajstić information content (AvgIpc) is 3.03. The van der Waals surface area contributed by atoms with Crippen molar-refractivity contribution in [3.63, 3.8) is 0 Å². The van der Waals surface area contributed by atoms with E-state index in [0.29, 0.717) is 6.42 Å². The molecule has 2 N–H and O–H groups in total. The molecule has 30 heavy (non-hydrogen) atoms. The number of ketones is 1. The number of phenols is 1. The normalized spacial score (nSPS) is 22.0. The van der Waals surface area contributed by atoms with Gasteiger partial charge in [0.05, 0.1) is 17.3 Å². The minimum atomic E-state index is -0.276. The van der Waals surface area contributed by atoms with Gasteiger partial charge < -0.3 is 10.4 Å². The molecule has 2 atom stereocenters. The molecule has 152 valence electrons. The topological polar surface area (TPSA) is 67.1 Å². The lowest BCUT2D eigenvalue weighted by Crippen LogP contribution is -2.39. The summed E-state index contributed by atoms with van der Waals surface area (Å²) in [5.74, 6) is 0.943. The maximum absolute atomic E-state index is 13.3. The summed E-state index contributed by atoms with van der Waals surface area (Å²) in [6.45, 7) is 6.19. The molecular formula is C25H25N3O2. The number of fused-ring (bicyclic) bond motifs is 2. The van der Waals surface area contributed by atoms with Gasteiger partial charge in [-0.15, -0.1) is 0 Å². The second-order valence-corrected chi connectivity index (χ2v) is 9.00. The number of allylic oxidation sites excluding steroid dienone is 2. The standard InChI is InChI=1S/C25H25N3O2/c1-15-21-22(16-9-11-18(29)12-10-16)23-19(13-25(2,3)14-20(23)30)26-24(21)28(27-15)17-7-5-4-6-8-17/h4-13,22-23,26,29H,14H2,1-3H3/t22-,23+/m0/s1. The molecule has 2 aromatic carbocycles. The number of nitrogens with zero attached hydrogens (tertiary/aromatic N) is 2. The Hall–Kier alpha value is -3.34. The fraction of sp³-hybridized carbons (Fsp3) is 0.280. The van der Waals surface area contributed by atoms with E-state index in [2.05, 4.69) is 25.2 Å². The number of Topliss-reactive ketones (excluding diaryl/α,β-unsaturated/α-hetero) is 1. The number of para-hydroxylation sites is 1. The number of hydrogen-bond donors (Lipinski definition) is 2. The number of carbonyl (C=O) groups excluding carboxylic acids is 1. The van der Waals surface area contributed by atoms with Crippen molar-refractivity contribution in [3.8, 4) is 11.4 Å². The molecule has 1 aromatic heterocycles. The molecule has 2 aliphatic rings. The quantitative estimate of drug-likeness (QED) is 0.640. The van der Waals surface area contributed by atoms with Crippen molar-refractivity contribution in [2.75, 3.05) is 5.32 Å². The molecule has 5 heteroatoms. The molecule has 0 amide bonds. The van der Waals surface area contributed by atoms with Gasteiger partial charge in [0.15, 0.2) is 0 Å². The number of carbonyl (C=O) groups is 1. The predicted octanol–water partition coefficient (Wildman–Crippen LogP) is 4.94. The first-order valence-electron chi connectivity index (χ1n) is 10.3. The van der Waals surface area contributed by atoms with Crippen molar-refractivity contribution in [2.24, 2.45) is 11.3 Å². The van der Waals surface area contributed by atoms with Crippen molar-refractivity contribution in [3.05, 3.63) is 83.2 Å². The highest BCUT2D eigenvalue weighted by molar-refractivity contribution is 5.90. The monoisotopic (exact) mass is 399 g/mol. The Morgan fingerprint density at radius 1 is 1.07 bits per heavy atom. The molecular weight excluding hydrogens is 374 g/mol. The largest absolute Gasteiger partial charge is 0.508 e. The summed E-state index contributed by atoms with van der Waals surface area (Å²) >= 11 is 0. The minimum absolute atomic E-state index is 0.144. The number of aromatic hydroxyl groups is 1. The Labute approximate surface area is 176 Å². The SMILES string of the molecule is Cc1nn(-c2ccccc2)c2c1[C@H](c1ccc(O)cc1)[C@H]1C(=O)CC(C)(C)C=C1N2. The lowest BCUT2D eigenvalue weighted by Gasteiger charge is -2.40. The van der Waals surface area contributed by atoms with Crippen molar-refractivity contribution < 1.29 is 9.90 Å². The van der Waals surface area contributed by atoms with Crippen LogP contribution in [0.15, 0.2) is 66.4 Å². The number of rotatable bonds is 2. The Morgan fingerprint density at radius 2 is 1.77 bits per heavy atom. The van der Waals surface area contributed by atoms with Crippen LogP contribution in [0.1, 0.15) is 43.0 Å². The van der Waals surface area contributed by atoms with E-state index < -0.39 is 0 Å². The summed E-state index contributed by atoms with van der Waals surface area (Å²) < 4.78 is 1.93. The molecule has 5 rings (SSSR count). The number of aryl methyl sites for hydroxylation is 1. The van der Waals surface area contributed by atoms with Crippen LogP contribution in [0.5, 0.6) is 5.75 Å². The Balaban J connectivity index is 1.76. The first-order chi connectivity index (χ1) is 14.3. The number of aromatic nitrogens is 2. The molecule has 1 aliphatic carbocycles. The van der Waals surface area contributed by atoms with Crippen LogP contribution in [0.2, 0.25) is 0 Å². The van der Waals surface area contributed by atoms with Crippen LogP contribution < -0.4 is 5.32 Å². The van der Waals surface area contributed by atoms with E-state index in [1.165, 1.54) is 0 Å². The number of nitrogens with one attached hydrogen (secondary N) is 1. The van der Waals surface area contributed by atoms with E-state index in [-0.39, 0.29) is 28.8 Å². The average molecular weight is 399 g/mol. The van der Waals surface area contributed by atoms with Crippen molar-refractivity contribution >= 4 is 11.6 Å². The molecule has 3 aromatic rings. The molecule has 0 radical (unpaired) electrons. The van der Waals surface area contributed by atoms with Gasteiger partial charge in [0, 0.05) is 23.6 Å². The second-order valence-electron chi connectivity index (χ2n) is 9.00. The highest BCUT2D eigenvalue weighted by Gasteiger charge is 2.46. The van der Waals surface area contributed by atoms with Gasteiger partial charge in [0.1, 0.15) is 17.4 Å². The molecule has 0 saturated heterocycles. The number of phenolic OH excluding ortho intramolecular Hbond substituents is 1. The third-order valence-electron chi connectivity index (χ3n) is 6.12. The van der Waals surface area contributed by atoms with E-state index in [1.54, 1.807) is 12.1 Å². The summed E-state index contributed by atoms with van der Waals surface area (Å²) in [5.41, 5.74) is 4.67. The molecule has 0 bridgehead atoms. The maximum atomic E-state index is 13.3. The molecule has 0 spiro atoms. The van der Waals surface area contributed by atoms with E-state index in [4.69, 9.17) is 5.10 Å². The highest BCUT2D eigenvalue weighted by atomic mass is 16.3. The Morgan fingerprint density at radius 3 is 2.47 bits per heavy atom. The van der Waals surface area contributed by atoms with Crippen molar-refractivity contribution in [2.45, 2.75) is 33.1 Å². The van der Waals surface area contributed by atoms with Gasteiger partial charge in [-0.3, -0.25) is 4.79 Å². The summed E-state index contributed by atoms with van der Waals surface area (Å²) in [6, 6.07) is 17.2. The minimum Gasteiger partial charge on any atom is -0.508 e. The zero-order valence-corrected chi connectivity index (χ0v) is 17.4. The van der Waals surface area contributed by atoms with Crippen molar-refractivity contribution in [1.82, 2.24) is 9.78 Å². The Kier molecular flexibility index (Phi) is 4.10. The summed E-state index contributed by atoms with van der Waals surface area (Å²) in [7, 11) is 0. The first kappa shape index (κ1) is 18.7. The second kappa shape index (κ2) is 6.59. The fourth-order valence-electron chi connectivity index (χ4n) is 4.91. The highest BCUT2D eigenvalue weighted by Crippen LogP contribution is 2.50. The van der Waals surface area contributed by atoms with Gasteiger partial charge in [-0.1, -0.05) is 50.3 Å². The van der Waals surface area contributed by atoms with Gasteiger partial charge in [-0.2, -0.15) is 5.10 Å². The molecule has 1 aliphatic heterocycles. The van der Waals surface area contributed by atoms with Gasteiger partial charge in [-0.25, -0.2) is 4.68 Å². The Bertz CT molecular complexity index is 1160. The number of hydrogen-bond acceptors (Lipinski definition) is 4. The third kappa shape index (κ3) is 2.93. The van der Waals surface area contributed by atoms with Gasteiger partial charge in [0.25, 0.3) is 0 Å². The number of anilines is 1. The van der Waals surface area contributed by atoms with Crippen molar-refractivity contribution in [1.29, 1.82) is 0 Å². The van der Waals surface area contributed by atoms with E-state index in [9.17, 15) is 9.90 Å². The van der Waals surface area contributed by atoms with Crippen LogP contribution in [0, 0.1) is 18.3 Å². The van der Waals surface area contributed by atoms with E-state index in [0.717, 1.165) is 34.0 Å².